The molecule has 1 saturated carbocycles. The van der Waals surface area contributed by atoms with Crippen molar-refractivity contribution in [3.8, 4) is 0 Å². The molecule has 0 radical (unpaired) electrons. The van der Waals surface area contributed by atoms with Crippen LogP contribution < -0.4 is 5.73 Å². The van der Waals surface area contributed by atoms with Gasteiger partial charge in [-0.25, -0.2) is 0 Å². The van der Waals surface area contributed by atoms with E-state index >= 15 is 0 Å². The maximum Gasteiger partial charge on any atom is 0.174 e. The quantitative estimate of drug-likeness (QED) is 0.816. The monoisotopic (exact) mass is 215 g/mol. The van der Waals surface area contributed by atoms with Gasteiger partial charge in [-0.2, -0.15) is 0 Å². The first kappa shape index (κ1) is 9.43. The molecule has 1 aliphatic carbocycles. The van der Waals surface area contributed by atoms with Crippen LogP contribution in [0.5, 0.6) is 0 Å². The van der Waals surface area contributed by atoms with Gasteiger partial charge in [-0.15, -0.1) is 10.2 Å². The van der Waals surface area contributed by atoms with Crippen molar-refractivity contribution in [1.82, 2.24) is 10.2 Å². The van der Waals surface area contributed by atoms with E-state index in [4.69, 9.17) is 5.73 Å². The van der Waals surface area contributed by atoms with Crippen LogP contribution in [0.4, 0.5) is 0 Å². The summed E-state index contributed by atoms with van der Waals surface area (Å²) < 4.78 is 1.07. The smallest absolute Gasteiger partial charge is 0.174 e. The Morgan fingerprint density at radius 1 is 1.62 bits per heavy atom. The van der Waals surface area contributed by atoms with Gasteiger partial charge in [0.05, 0.1) is 0 Å². The summed E-state index contributed by atoms with van der Waals surface area (Å²) in [6.07, 6.45) is 2.37. The molecule has 0 amide bonds. The third-order valence-corrected chi connectivity index (χ3v) is 4.95. The van der Waals surface area contributed by atoms with Crippen LogP contribution in [0.25, 0.3) is 0 Å². The minimum Gasteiger partial charge on any atom is -0.327 e. The molecule has 0 aromatic carbocycles. The molecule has 72 valence electrons. The summed E-state index contributed by atoms with van der Waals surface area (Å²) in [5.41, 5.74) is 7.73. The standard InChI is InChI=1S/C8H13N3S2/c1-5-6(9)2-3-7(5)13-8-11-10-4-12-8/h4-7H,2-3,9H2,1H3. The van der Waals surface area contributed by atoms with Crippen molar-refractivity contribution in [2.45, 2.75) is 35.4 Å². The maximum absolute atomic E-state index is 5.95. The van der Waals surface area contributed by atoms with E-state index in [1.54, 1.807) is 16.8 Å². The molecule has 13 heavy (non-hydrogen) atoms. The molecule has 1 heterocycles. The molecule has 3 atom stereocenters. The summed E-state index contributed by atoms with van der Waals surface area (Å²) in [5, 5.41) is 8.50. The molecule has 2 N–H and O–H groups in total. The van der Waals surface area contributed by atoms with Crippen LogP contribution in [-0.2, 0) is 0 Å². The van der Waals surface area contributed by atoms with Gasteiger partial charge in [-0.1, -0.05) is 30.0 Å². The largest absolute Gasteiger partial charge is 0.327 e. The van der Waals surface area contributed by atoms with Gasteiger partial charge in [0.25, 0.3) is 0 Å². The molecule has 5 heteroatoms. The number of nitrogens with two attached hydrogens (primary N) is 1. The molecule has 3 nitrogen and oxygen atoms in total. The zero-order valence-corrected chi connectivity index (χ0v) is 9.14. The number of aromatic nitrogens is 2. The highest BCUT2D eigenvalue weighted by Crippen LogP contribution is 2.38. The van der Waals surface area contributed by atoms with Gasteiger partial charge >= 0.3 is 0 Å². The molecule has 2 rings (SSSR count). The van der Waals surface area contributed by atoms with Gasteiger partial charge in [0, 0.05) is 11.3 Å². The molecule has 3 unspecified atom stereocenters. The van der Waals surface area contributed by atoms with Gasteiger partial charge in [0.2, 0.25) is 0 Å². The van der Waals surface area contributed by atoms with E-state index in [0.717, 1.165) is 10.8 Å². The molecule has 1 aromatic rings. The van der Waals surface area contributed by atoms with Gasteiger partial charge in [0.15, 0.2) is 4.34 Å². The Labute approximate surface area is 86.1 Å². The molecule has 1 fully saturated rings. The van der Waals surface area contributed by atoms with Crippen LogP contribution in [-0.4, -0.2) is 21.5 Å². The molecule has 0 bridgehead atoms. The first-order valence-corrected chi connectivity index (χ1v) is 6.21. The fourth-order valence-corrected chi connectivity index (χ4v) is 3.69. The normalized spacial score (nSPS) is 33.8. The van der Waals surface area contributed by atoms with Crippen molar-refractivity contribution in [1.29, 1.82) is 0 Å². The lowest BCUT2D eigenvalue weighted by molar-refractivity contribution is 0.535. The van der Waals surface area contributed by atoms with E-state index < -0.39 is 0 Å². The van der Waals surface area contributed by atoms with Crippen molar-refractivity contribution in [3.63, 3.8) is 0 Å². The molecule has 0 aliphatic heterocycles. The fraction of sp³-hybridized carbons (Fsp3) is 0.750. The van der Waals surface area contributed by atoms with Gasteiger partial charge in [0.1, 0.15) is 5.51 Å². The highest BCUT2D eigenvalue weighted by molar-refractivity contribution is 8.01. The first-order valence-electron chi connectivity index (χ1n) is 4.46. The third-order valence-electron chi connectivity index (χ3n) is 2.64. The van der Waals surface area contributed by atoms with E-state index in [1.165, 1.54) is 6.42 Å². The van der Waals surface area contributed by atoms with Gasteiger partial charge in [-0.3, -0.25) is 0 Å². The summed E-state index contributed by atoms with van der Waals surface area (Å²) in [4.78, 5) is 0. The number of thioether (sulfide) groups is 1. The Hall–Kier alpha value is -0.130. The van der Waals surface area contributed by atoms with Gasteiger partial charge < -0.3 is 5.73 Å². The van der Waals surface area contributed by atoms with Crippen molar-refractivity contribution in [2.24, 2.45) is 11.7 Å². The molecular formula is C8H13N3S2. The Balaban J connectivity index is 1.96. The first-order chi connectivity index (χ1) is 6.27. The van der Waals surface area contributed by atoms with E-state index in [2.05, 4.69) is 17.1 Å². The van der Waals surface area contributed by atoms with Crippen LogP contribution in [0.3, 0.4) is 0 Å². The Kier molecular flexibility index (Phi) is 2.86. The molecule has 1 aliphatic rings. The predicted molar refractivity (Wildman–Crippen MR) is 55.9 cm³/mol. The Morgan fingerprint density at radius 3 is 3.00 bits per heavy atom. The maximum atomic E-state index is 5.95. The number of hydrogen-bond donors (Lipinski definition) is 1. The van der Waals surface area contributed by atoms with E-state index in [-0.39, 0.29) is 0 Å². The molecule has 0 saturated heterocycles. The number of nitrogens with zero attached hydrogens (tertiary/aromatic N) is 2. The number of hydrogen-bond acceptors (Lipinski definition) is 5. The molecular weight excluding hydrogens is 202 g/mol. The average Bonchev–Trinajstić information content (AvgIpc) is 2.71. The summed E-state index contributed by atoms with van der Waals surface area (Å²) in [7, 11) is 0. The second kappa shape index (κ2) is 3.94. The highest BCUT2D eigenvalue weighted by Gasteiger charge is 2.31. The van der Waals surface area contributed by atoms with Crippen LogP contribution >= 0.6 is 23.1 Å². The third kappa shape index (κ3) is 2.03. The zero-order chi connectivity index (χ0) is 9.26. The van der Waals surface area contributed by atoms with Crippen molar-refractivity contribution in [2.75, 3.05) is 0 Å². The van der Waals surface area contributed by atoms with Crippen LogP contribution in [0.2, 0.25) is 0 Å². The van der Waals surface area contributed by atoms with E-state index in [0.29, 0.717) is 17.2 Å². The fourth-order valence-electron chi connectivity index (χ4n) is 1.67. The van der Waals surface area contributed by atoms with Crippen LogP contribution in [0, 0.1) is 5.92 Å². The SMILES string of the molecule is CC1C(N)CCC1Sc1nncs1. The lowest BCUT2D eigenvalue weighted by atomic mass is 10.1. The topological polar surface area (TPSA) is 51.8 Å². The minimum absolute atomic E-state index is 0.380. The zero-order valence-electron chi connectivity index (χ0n) is 7.51. The second-order valence-corrected chi connectivity index (χ2v) is 5.78. The van der Waals surface area contributed by atoms with E-state index in [9.17, 15) is 0 Å². The predicted octanol–water partition coefficient (Wildman–Crippen LogP) is 1.76. The summed E-state index contributed by atoms with van der Waals surface area (Å²) in [6.45, 7) is 2.23. The van der Waals surface area contributed by atoms with Gasteiger partial charge in [-0.05, 0) is 18.8 Å². The van der Waals surface area contributed by atoms with Crippen LogP contribution in [0.15, 0.2) is 9.85 Å². The Bertz CT molecular complexity index is 262. The lowest BCUT2D eigenvalue weighted by Gasteiger charge is -2.15. The molecule has 0 spiro atoms. The van der Waals surface area contributed by atoms with E-state index in [1.807, 2.05) is 11.8 Å². The summed E-state index contributed by atoms with van der Waals surface area (Å²) in [6, 6.07) is 0.380. The highest BCUT2D eigenvalue weighted by atomic mass is 32.2. The Morgan fingerprint density at radius 2 is 2.46 bits per heavy atom. The lowest BCUT2D eigenvalue weighted by Crippen LogP contribution is -2.25. The van der Waals surface area contributed by atoms with Crippen molar-refractivity contribution < 1.29 is 0 Å². The second-order valence-electron chi connectivity index (χ2n) is 3.46. The average molecular weight is 215 g/mol. The number of rotatable bonds is 2. The van der Waals surface area contributed by atoms with Crippen LogP contribution in [0.1, 0.15) is 19.8 Å². The summed E-state index contributed by atoms with van der Waals surface area (Å²) in [5.74, 6) is 0.605. The molecule has 1 aromatic heterocycles. The van der Waals surface area contributed by atoms with Crippen molar-refractivity contribution in [3.05, 3.63) is 5.51 Å². The summed E-state index contributed by atoms with van der Waals surface area (Å²) >= 11 is 3.45. The van der Waals surface area contributed by atoms with Crippen molar-refractivity contribution >= 4 is 23.1 Å². The minimum atomic E-state index is 0.380.